The van der Waals surface area contributed by atoms with Gasteiger partial charge in [-0.1, -0.05) is 122 Å². The van der Waals surface area contributed by atoms with Crippen molar-refractivity contribution in [2.45, 2.75) is 170 Å². The van der Waals surface area contributed by atoms with Crippen LogP contribution in [-0.2, 0) is 36.4 Å². The summed E-state index contributed by atoms with van der Waals surface area (Å²) < 4.78 is 74.8. The van der Waals surface area contributed by atoms with Crippen molar-refractivity contribution < 1.29 is 36.5 Å². The molecule has 0 radical (unpaired) electrons. The summed E-state index contributed by atoms with van der Waals surface area (Å²) in [5, 5.41) is 39.9. The molecule has 17 rings (SSSR count). The van der Waals surface area contributed by atoms with Gasteiger partial charge in [0.1, 0.15) is 57.7 Å². The molecule has 0 bridgehead atoms. The van der Waals surface area contributed by atoms with Crippen molar-refractivity contribution in [3.05, 3.63) is 274 Å². The first-order valence-electron chi connectivity index (χ1n) is 40.2. The molecule has 686 valence electrons. The molecule has 131 heavy (non-hydrogen) atoms. The van der Waals surface area contributed by atoms with Gasteiger partial charge in [0, 0.05) is 173 Å². The molecule has 0 atom stereocenters. The van der Waals surface area contributed by atoms with Crippen LogP contribution in [0.15, 0.2) is 211 Å². The summed E-state index contributed by atoms with van der Waals surface area (Å²) in [4.78, 5) is 60.3. The molecule has 0 spiro atoms. The number of aromatic amines is 1. The molecule has 41 heteroatoms. The first-order valence-corrected chi connectivity index (χ1v) is 47.4. The van der Waals surface area contributed by atoms with Gasteiger partial charge in [0.2, 0.25) is 20.5 Å². The lowest BCUT2D eigenvalue weighted by atomic mass is 9.80. The highest BCUT2D eigenvalue weighted by Crippen LogP contribution is 2.40. The highest BCUT2D eigenvalue weighted by atomic mass is 79.9. The number of H-pyrrole nitrogens is 1. The molecule has 1 saturated heterocycles. The van der Waals surface area contributed by atoms with Crippen molar-refractivity contribution in [1.29, 1.82) is 0 Å². The van der Waals surface area contributed by atoms with Gasteiger partial charge in [-0.15, -0.1) is 56.7 Å². The molecule has 14 aromatic heterocycles. The number of nitrogens with one attached hydrogen (secondary N) is 2. The zero-order chi connectivity index (χ0) is 95.9. The third-order valence-electron chi connectivity index (χ3n) is 19.1. The van der Waals surface area contributed by atoms with E-state index in [1.807, 2.05) is 124 Å². The first-order chi connectivity index (χ1) is 61.5. The molecule has 15 heterocycles. The zero-order valence-corrected chi connectivity index (χ0v) is 84.7. The van der Waals surface area contributed by atoms with Crippen molar-refractivity contribution in [1.82, 2.24) is 94.2 Å². The summed E-state index contributed by atoms with van der Waals surface area (Å²) in [6.45, 7) is 40.1. The Hall–Kier alpha value is -10.8. The van der Waals surface area contributed by atoms with Crippen LogP contribution in [0.5, 0.6) is 0 Å². The third kappa shape index (κ3) is 27.7. The van der Waals surface area contributed by atoms with Gasteiger partial charge in [0.05, 0.1) is 54.8 Å². The quantitative estimate of drug-likeness (QED) is 0.0456. The van der Waals surface area contributed by atoms with E-state index in [4.69, 9.17) is 53.4 Å². The number of halogens is 8. The van der Waals surface area contributed by atoms with Crippen LogP contribution in [0.25, 0.3) is 53.9 Å². The number of benzene rings is 2. The van der Waals surface area contributed by atoms with Gasteiger partial charge in [-0.3, -0.25) is 14.7 Å². The molecule has 16 aromatic rings. The van der Waals surface area contributed by atoms with Crippen molar-refractivity contribution in [2.24, 2.45) is 0 Å². The number of nitrogens with zero attached hydrogens (tertiary/aromatic N) is 18. The van der Waals surface area contributed by atoms with Crippen LogP contribution in [0.1, 0.15) is 181 Å². The molecule has 2 aromatic carbocycles. The van der Waals surface area contributed by atoms with E-state index in [-0.39, 0.29) is 51.2 Å². The Labute approximate surface area is 807 Å². The molecule has 0 aliphatic carbocycles. The van der Waals surface area contributed by atoms with E-state index in [2.05, 4.69) is 217 Å². The minimum Gasteiger partial charge on any atom is -0.399 e. The van der Waals surface area contributed by atoms with Crippen LogP contribution in [0, 0.1) is 23.3 Å². The third-order valence-corrected chi connectivity index (χ3v) is 24.8. The number of nitrogen functional groups attached to an aromatic ring is 3. The van der Waals surface area contributed by atoms with Crippen molar-refractivity contribution in [3.63, 3.8) is 0 Å². The fourth-order valence-electron chi connectivity index (χ4n) is 11.9. The maximum absolute atomic E-state index is 13.8. The predicted molar refractivity (Wildman–Crippen MR) is 528 cm³/mol. The highest BCUT2D eigenvalue weighted by Gasteiger charge is 2.52. The summed E-state index contributed by atoms with van der Waals surface area (Å²) in [7, 11) is -0.363. The summed E-state index contributed by atoms with van der Waals surface area (Å²) in [5.74, 6) is -2.93. The summed E-state index contributed by atoms with van der Waals surface area (Å²) in [6.07, 6.45) is 25.3. The number of nitrogens with two attached hydrogens (primary N) is 3. The summed E-state index contributed by atoms with van der Waals surface area (Å²) in [6, 6.07) is 20.9. The fourth-order valence-corrected chi connectivity index (χ4v) is 16.8. The number of aromatic nitrogens is 19. The highest BCUT2D eigenvalue weighted by molar-refractivity contribution is 9.11. The van der Waals surface area contributed by atoms with E-state index in [0.717, 1.165) is 131 Å². The maximum atomic E-state index is 13.8. The van der Waals surface area contributed by atoms with Gasteiger partial charge in [0.25, 0.3) is 11.1 Å². The molecule has 0 unspecified atom stereocenters. The Bertz CT molecular complexity index is 6180. The molecule has 0 saturated carbocycles. The Morgan fingerprint density at radius 3 is 1.05 bits per heavy atom. The average Bonchev–Trinajstić information content (AvgIpc) is 1.63. The SMILES string of the molecule is Brc1nccs1.CC(C)(C)c1[nH]ncc1Br.CC(C)(C)c1nn(-c2nccs2)cc1-c1ccc(N)nc1.CC(C)(C)c1nn(-c2nccs2)cc1-c1ccc(N)nc1.CC(C)(C)c1nn(-c2nccs2)cc1-c1ccc(NC(=O)c2c(F)cccc2F)nc1.CC(C)(C)c1nn(-c2nccs2)cc1Br.CC1(C)OB(c2ccc(N)nc2)OC1(C)C.O=C(Cl)c1c(F)cccc1F. The van der Waals surface area contributed by atoms with Crippen molar-refractivity contribution in [2.75, 3.05) is 22.5 Å². The van der Waals surface area contributed by atoms with Gasteiger partial charge in [-0.05, 0) is 154 Å². The number of hydrogen-bond donors (Lipinski definition) is 5. The number of anilines is 4. The van der Waals surface area contributed by atoms with Crippen LogP contribution in [-0.4, -0.2) is 124 Å². The van der Waals surface area contributed by atoms with Gasteiger partial charge in [-0.2, -0.15) is 25.5 Å². The number of carbonyl (C=O) groups is 2. The molecule has 1 aliphatic rings. The summed E-state index contributed by atoms with van der Waals surface area (Å²) in [5.41, 5.74) is 26.5. The summed E-state index contributed by atoms with van der Waals surface area (Å²) >= 11 is 22.8. The van der Waals surface area contributed by atoms with E-state index in [1.165, 1.54) is 17.4 Å². The molecule has 1 aliphatic heterocycles. The molecule has 1 amide bonds. The van der Waals surface area contributed by atoms with Crippen molar-refractivity contribution in [3.8, 4) is 53.9 Å². The van der Waals surface area contributed by atoms with Gasteiger partial charge < -0.3 is 31.8 Å². The molecule has 1 fully saturated rings. The van der Waals surface area contributed by atoms with Crippen LogP contribution in [0.4, 0.5) is 40.8 Å². The largest absolute Gasteiger partial charge is 0.496 e. The van der Waals surface area contributed by atoms with Gasteiger partial charge in [0.15, 0.2) is 3.92 Å². The second-order valence-corrected chi connectivity index (χ2v) is 42.8. The van der Waals surface area contributed by atoms with Gasteiger partial charge >= 0.3 is 7.12 Å². The van der Waals surface area contributed by atoms with Crippen LogP contribution < -0.4 is 28.0 Å². The number of carbonyl (C=O) groups excluding carboxylic acids is 2. The molecular weight excluding hydrogens is 1990 g/mol. The van der Waals surface area contributed by atoms with Gasteiger partial charge in [-0.25, -0.2) is 81.1 Å². The van der Waals surface area contributed by atoms with E-state index in [0.29, 0.717) is 17.5 Å². The van der Waals surface area contributed by atoms with Crippen molar-refractivity contribution >= 4 is 163 Å². The predicted octanol–water partition coefficient (Wildman–Crippen LogP) is 22.8. The topological polar surface area (TPSA) is 359 Å². The van der Waals surface area contributed by atoms with E-state index >= 15 is 0 Å². The van der Waals surface area contributed by atoms with Crippen LogP contribution in [0.3, 0.4) is 0 Å². The minimum atomic E-state index is -1.12. The maximum Gasteiger partial charge on any atom is 0.496 e. The Morgan fingerprint density at radius 1 is 0.427 bits per heavy atom. The number of thiazole rings is 5. The van der Waals surface area contributed by atoms with E-state index in [9.17, 15) is 27.2 Å². The van der Waals surface area contributed by atoms with Crippen LogP contribution >= 0.6 is 116 Å². The monoisotopic (exact) mass is 2080 g/mol. The lowest BCUT2D eigenvalue weighted by molar-refractivity contribution is 0.00578. The Morgan fingerprint density at radius 2 is 0.779 bits per heavy atom. The lowest BCUT2D eigenvalue weighted by Crippen LogP contribution is -2.41. The normalized spacial score (nSPS) is 12.7. The second-order valence-electron chi connectivity index (χ2n) is 35.1. The Kier molecular flexibility index (Phi) is 34.1. The number of pyridine rings is 4. The molecule has 27 nitrogen and oxygen atoms in total. The first kappa shape index (κ1) is 102. The molecule has 8 N–H and O–H groups in total. The minimum absolute atomic E-state index is 0.0430. The Balaban J connectivity index is 0.000000161. The lowest BCUT2D eigenvalue weighted by Gasteiger charge is -2.32. The van der Waals surface area contributed by atoms with E-state index < -0.39 is 45.5 Å². The zero-order valence-electron chi connectivity index (χ0n) is 75.1. The average molecular weight is 2090 g/mol. The number of rotatable bonds is 11. The second kappa shape index (κ2) is 43.7. The van der Waals surface area contributed by atoms with E-state index in [1.54, 1.807) is 130 Å². The standard InChI is InChI=1S/C22H19F2N5OS.2C15H17N5S.C11H17BN2O2.C10H12BrN3S.C7H11BrN2.C7H3ClF2O.C3H2BrNS/c1-22(2,3)19-14(12-29(28-19)21-25-9-10-31-21)13-7-8-17(26-11-13)27-20(30)18-15(23)5-4-6-16(18)24;2*1-15(2,3)13-11(10-4-5-12(16)18-8-10)9-20(19-13)14-17-6-7-21-14;1-10(2)11(3,4)16-12(15-10)8-5-6-9(13)14-7-8;1-10(2,3)8-7(11)6-14(13-8)9-12-4-5-15-9;1-7(2,3)6-5(8)4-9-10-6;8-7(11)6-4(9)2-1-3-5(6)10;4-3-5-1-2-6-3/h4-12H,1-3H3,(H,26,27,30);2*4-9H,1-3H3,(H2,16,18);5-7H,1-4H3,(H2,13,14);4-6H,1-3H3;4H,1-3H3,(H,9,10);1-3H;1-2H. The number of hydrogen-bond acceptors (Lipinski definition) is 26. The smallest absolute Gasteiger partial charge is 0.399 e. The molecular formula is C90H98BBr3ClF4N23O4S5. The fraction of sp³-hybridized carbons (Fsp3) is 0.289. The van der Waals surface area contributed by atoms with Crippen LogP contribution in [0.2, 0.25) is 0 Å². The number of amides is 1.